The maximum Gasteiger partial charge on any atom is 0.340 e. The Morgan fingerprint density at radius 1 is 1.15 bits per heavy atom. The lowest BCUT2D eigenvalue weighted by Gasteiger charge is -2.09. The van der Waals surface area contributed by atoms with E-state index in [9.17, 15) is 9.18 Å². The molecule has 0 unspecified atom stereocenters. The Labute approximate surface area is 156 Å². The van der Waals surface area contributed by atoms with Gasteiger partial charge in [0.15, 0.2) is 0 Å². The molecule has 0 radical (unpaired) electrons. The van der Waals surface area contributed by atoms with Crippen LogP contribution in [0.1, 0.15) is 27.2 Å². The van der Waals surface area contributed by atoms with Crippen LogP contribution < -0.4 is 5.73 Å². The van der Waals surface area contributed by atoms with Crippen molar-refractivity contribution >= 4 is 11.8 Å². The average Bonchev–Trinajstić information content (AvgIpc) is 2.67. The van der Waals surface area contributed by atoms with Crippen molar-refractivity contribution < 1.29 is 13.9 Å². The zero-order valence-electron chi connectivity index (χ0n) is 14.8. The van der Waals surface area contributed by atoms with Gasteiger partial charge in [0, 0.05) is 23.5 Å². The normalized spacial score (nSPS) is 10.0. The number of ether oxygens (including phenoxy) is 1. The molecule has 0 amide bonds. The van der Waals surface area contributed by atoms with Gasteiger partial charge < -0.3 is 10.5 Å². The number of halogens is 1. The summed E-state index contributed by atoms with van der Waals surface area (Å²) in [7, 11) is 1.21. The smallest absolute Gasteiger partial charge is 0.340 e. The van der Waals surface area contributed by atoms with E-state index in [0.29, 0.717) is 33.8 Å². The number of nitrogen functional groups attached to an aromatic ring is 1. The number of rotatable bonds is 2. The van der Waals surface area contributed by atoms with Crippen molar-refractivity contribution in [1.29, 1.82) is 0 Å². The summed E-state index contributed by atoms with van der Waals surface area (Å²) in [5.74, 6) is 5.13. The number of anilines is 1. The highest BCUT2D eigenvalue weighted by Crippen LogP contribution is 2.26. The predicted octanol–water partition coefficient (Wildman–Crippen LogP) is 3.36. The highest BCUT2D eigenvalue weighted by Gasteiger charge is 2.14. The van der Waals surface area contributed by atoms with Gasteiger partial charge in [0.2, 0.25) is 0 Å². The summed E-state index contributed by atoms with van der Waals surface area (Å²) in [6.07, 6.45) is 3.21. The van der Waals surface area contributed by atoms with Crippen molar-refractivity contribution in [3.8, 4) is 23.0 Å². The fourth-order valence-corrected chi connectivity index (χ4v) is 2.54. The van der Waals surface area contributed by atoms with Crippen LogP contribution in [-0.2, 0) is 4.74 Å². The van der Waals surface area contributed by atoms with Gasteiger partial charge in [-0.2, -0.15) is 0 Å². The molecule has 2 aromatic heterocycles. The minimum Gasteiger partial charge on any atom is -0.465 e. The first kappa shape index (κ1) is 18.1. The van der Waals surface area contributed by atoms with Gasteiger partial charge in [0.25, 0.3) is 0 Å². The molecule has 2 heterocycles. The molecule has 5 nitrogen and oxygen atoms in total. The first-order valence-electron chi connectivity index (χ1n) is 8.07. The summed E-state index contributed by atoms with van der Waals surface area (Å²) >= 11 is 0. The zero-order valence-corrected chi connectivity index (χ0v) is 14.8. The Bertz CT molecular complexity index is 1070. The lowest BCUT2D eigenvalue weighted by Crippen LogP contribution is -2.04. The zero-order chi connectivity index (χ0) is 19.4. The molecular weight excluding hydrogens is 345 g/mol. The molecule has 3 rings (SSSR count). The minimum atomic E-state index is -0.721. The van der Waals surface area contributed by atoms with E-state index in [0.717, 1.165) is 0 Å². The number of pyridine rings is 2. The van der Waals surface area contributed by atoms with Crippen LogP contribution in [0.3, 0.4) is 0 Å². The Morgan fingerprint density at radius 3 is 2.63 bits per heavy atom. The van der Waals surface area contributed by atoms with Gasteiger partial charge in [-0.15, -0.1) is 0 Å². The van der Waals surface area contributed by atoms with Crippen molar-refractivity contribution in [1.82, 2.24) is 9.97 Å². The summed E-state index contributed by atoms with van der Waals surface area (Å²) in [4.78, 5) is 19.9. The topological polar surface area (TPSA) is 78.1 Å². The monoisotopic (exact) mass is 361 g/mol. The number of hydrogen-bond acceptors (Lipinski definition) is 5. The molecule has 3 aromatic rings. The predicted molar refractivity (Wildman–Crippen MR) is 100 cm³/mol. The quantitative estimate of drug-likeness (QED) is 0.559. The van der Waals surface area contributed by atoms with E-state index in [2.05, 4.69) is 26.5 Å². The maximum atomic E-state index is 14.3. The van der Waals surface area contributed by atoms with Crippen molar-refractivity contribution in [3.63, 3.8) is 0 Å². The lowest BCUT2D eigenvalue weighted by atomic mass is 9.98. The van der Waals surface area contributed by atoms with Gasteiger partial charge in [0.1, 0.15) is 11.6 Å². The van der Waals surface area contributed by atoms with Gasteiger partial charge in [-0.05, 0) is 42.8 Å². The van der Waals surface area contributed by atoms with Crippen molar-refractivity contribution in [2.45, 2.75) is 6.92 Å². The number of aromatic nitrogens is 2. The molecular formula is C21H16FN3O2. The van der Waals surface area contributed by atoms with E-state index >= 15 is 0 Å². The molecule has 1 aromatic carbocycles. The number of carbonyl (C=O) groups excluding carboxylic acids is 1. The third-order valence-electron chi connectivity index (χ3n) is 3.94. The molecule has 0 fully saturated rings. The lowest BCUT2D eigenvalue weighted by molar-refractivity contribution is 0.0595. The third-order valence-corrected chi connectivity index (χ3v) is 3.94. The van der Waals surface area contributed by atoms with Crippen LogP contribution in [0.15, 0.2) is 48.8 Å². The van der Waals surface area contributed by atoms with E-state index in [1.807, 2.05) is 6.92 Å². The third kappa shape index (κ3) is 3.93. The second kappa shape index (κ2) is 7.67. The largest absolute Gasteiger partial charge is 0.465 e. The molecule has 0 aliphatic rings. The molecule has 0 atom stereocenters. The SMILES string of the molecule is COC(=O)c1ccc(-c2ccnc(C)c2C#Cc2ccc(N)nc2)cc1F. The summed E-state index contributed by atoms with van der Waals surface area (Å²) in [5, 5.41) is 0. The van der Waals surface area contributed by atoms with Crippen LogP contribution in [0.25, 0.3) is 11.1 Å². The molecule has 0 saturated heterocycles. The van der Waals surface area contributed by atoms with Gasteiger partial charge in [-0.3, -0.25) is 4.98 Å². The number of methoxy groups -OCH3 is 1. The van der Waals surface area contributed by atoms with E-state index < -0.39 is 11.8 Å². The standard InChI is InChI=1S/C21H16FN3O2/c1-13-16(6-3-14-4-8-20(23)25-12-14)17(9-10-24-13)15-5-7-18(19(22)11-15)21(26)27-2/h4-5,7-12H,1-2H3,(H2,23,25). The summed E-state index contributed by atoms with van der Waals surface area (Å²) < 4.78 is 18.9. The Balaban J connectivity index is 2.05. The summed E-state index contributed by atoms with van der Waals surface area (Å²) in [6.45, 7) is 1.83. The summed E-state index contributed by atoms with van der Waals surface area (Å²) in [5.41, 5.74) is 8.84. The second-order valence-electron chi connectivity index (χ2n) is 5.73. The fourth-order valence-electron chi connectivity index (χ4n) is 2.54. The number of hydrogen-bond donors (Lipinski definition) is 1. The number of benzene rings is 1. The number of carbonyl (C=O) groups is 1. The Hall–Kier alpha value is -3.72. The van der Waals surface area contributed by atoms with Gasteiger partial charge in [0.05, 0.1) is 23.9 Å². The van der Waals surface area contributed by atoms with E-state index in [1.54, 1.807) is 36.7 Å². The van der Waals surface area contributed by atoms with E-state index in [-0.39, 0.29) is 5.56 Å². The van der Waals surface area contributed by atoms with Crippen LogP contribution >= 0.6 is 0 Å². The molecule has 0 spiro atoms. The Kier molecular flexibility index (Phi) is 5.13. The molecule has 6 heteroatoms. The van der Waals surface area contributed by atoms with E-state index in [4.69, 9.17) is 5.73 Å². The highest BCUT2D eigenvalue weighted by molar-refractivity contribution is 5.90. The number of nitrogens with zero attached hydrogens (tertiary/aromatic N) is 2. The maximum absolute atomic E-state index is 14.3. The first-order chi connectivity index (χ1) is 13.0. The molecule has 0 bridgehead atoms. The average molecular weight is 361 g/mol. The van der Waals surface area contributed by atoms with Crippen molar-refractivity contribution in [3.05, 3.63) is 77.0 Å². The van der Waals surface area contributed by atoms with Gasteiger partial charge >= 0.3 is 5.97 Å². The van der Waals surface area contributed by atoms with Crippen LogP contribution in [0.4, 0.5) is 10.2 Å². The highest BCUT2D eigenvalue weighted by atomic mass is 19.1. The number of nitrogens with two attached hydrogens (primary N) is 1. The van der Waals surface area contributed by atoms with E-state index in [1.165, 1.54) is 19.2 Å². The first-order valence-corrected chi connectivity index (χ1v) is 8.07. The molecule has 2 N–H and O–H groups in total. The van der Waals surface area contributed by atoms with Crippen LogP contribution in [0, 0.1) is 24.6 Å². The van der Waals surface area contributed by atoms with Crippen molar-refractivity contribution in [2.75, 3.05) is 12.8 Å². The molecule has 0 saturated carbocycles. The minimum absolute atomic E-state index is 0.118. The number of aryl methyl sites for hydroxylation is 1. The fraction of sp³-hybridized carbons (Fsp3) is 0.0952. The molecule has 27 heavy (non-hydrogen) atoms. The molecule has 0 aliphatic carbocycles. The van der Waals surface area contributed by atoms with Crippen molar-refractivity contribution in [2.24, 2.45) is 0 Å². The van der Waals surface area contributed by atoms with Crippen LogP contribution in [0.2, 0.25) is 0 Å². The molecule has 0 aliphatic heterocycles. The summed E-state index contributed by atoms with van der Waals surface area (Å²) in [6, 6.07) is 9.53. The van der Waals surface area contributed by atoms with Gasteiger partial charge in [-0.25, -0.2) is 14.2 Å². The number of esters is 1. The Morgan fingerprint density at radius 2 is 1.96 bits per heavy atom. The van der Waals surface area contributed by atoms with Crippen LogP contribution in [0.5, 0.6) is 0 Å². The second-order valence-corrected chi connectivity index (χ2v) is 5.73. The molecule has 134 valence electrons. The van der Waals surface area contributed by atoms with Gasteiger partial charge in [-0.1, -0.05) is 17.9 Å². The van der Waals surface area contributed by atoms with Crippen LogP contribution in [-0.4, -0.2) is 23.0 Å².